The number of methoxy groups -OCH3 is 1. The number of benzene rings is 2. The summed E-state index contributed by atoms with van der Waals surface area (Å²) in [7, 11) is 1.62. The third-order valence-electron chi connectivity index (χ3n) is 5.97. The number of ether oxygens (including phenoxy) is 1. The minimum Gasteiger partial charge on any atom is -0.496 e. The Bertz CT molecular complexity index is 994. The Morgan fingerprint density at radius 3 is 2.41 bits per heavy atom. The molecule has 0 saturated carbocycles. The number of nitrogens with one attached hydrogen (secondary N) is 1. The summed E-state index contributed by atoms with van der Waals surface area (Å²) in [5, 5.41) is 2.99. The molecule has 2 aliphatic rings. The SMILES string of the molecule is CCc1ccc(C2CC(=O)C3=C(C2)NC(=O)CC3c2ccc(OC)c(Br)c2)cc1. The number of ketones is 1. The van der Waals surface area contributed by atoms with Gasteiger partial charge in [-0.1, -0.05) is 37.3 Å². The molecule has 1 heterocycles. The van der Waals surface area contributed by atoms with Crippen LogP contribution in [0.2, 0.25) is 0 Å². The van der Waals surface area contributed by atoms with Crippen molar-refractivity contribution in [3.8, 4) is 5.75 Å². The Hall–Kier alpha value is -2.40. The van der Waals surface area contributed by atoms with Crippen molar-refractivity contribution in [3.63, 3.8) is 0 Å². The molecule has 29 heavy (non-hydrogen) atoms. The average molecular weight is 454 g/mol. The minimum atomic E-state index is -0.211. The van der Waals surface area contributed by atoms with Crippen LogP contribution in [0, 0.1) is 0 Å². The highest BCUT2D eigenvalue weighted by atomic mass is 79.9. The first-order valence-electron chi connectivity index (χ1n) is 9.98. The number of halogens is 1. The van der Waals surface area contributed by atoms with E-state index in [-0.39, 0.29) is 23.5 Å². The van der Waals surface area contributed by atoms with Crippen LogP contribution in [0.1, 0.15) is 54.7 Å². The van der Waals surface area contributed by atoms with Gasteiger partial charge in [0, 0.05) is 30.0 Å². The fraction of sp³-hybridized carbons (Fsp3) is 0.333. The Balaban J connectivity index is 1.68. The van der Waals surface area contributed by atoms with E-state index in [2.05, 4.69) is 52.4 Å². The van der Waals surface area contributed by atoms with Crippen molar-refractivity contribution in [1.82, 2.24) is 5.32 Å². The van der Waals surface area contributed by atoms with Crippen LogP contribution in [-0.2, 0) is 16.0 Å². The van der Waals surface area contributed by atoms with Crippen molar-refractivity contribution in [3.05, 3.63) is 74.9 Å². The molecular formula is C24H24BrNO3. The summed E-state index contributed by atoms with van der Waals surface area (Å²) in [5.41, 5.74) is 4.96. The van der Waals surface area contributed by atoms with Gasteiger partial charge in [0.15, 0.2) is 5.78 Å². The van der Waals surface area contributed by atoms with Crippen LogP contribution in [-0.4, -0.2) is 18.8 Å². The molecule has 0 fully saturated rings. The second-order valence-corrected chi connectivity index (χ2v) is 8.57. The summed E-state index contributed by atoms with van der Waals surface area (Å²) in [6, 6.07) is 14.3. The summed E-state index contributed by atoms with van der Waals surface area (Å²) in [6.07, 6.45) is 2.45. The maximum atomic E-state index is 13.2. The van der Waals surface area contributed by atoms with Gasteiger partial charge in [-0.05, 0) is 63.5 Å². The lowest BCUT2D eigenvalue weighted by atomic mass is 9.73. The van der Waals surface area contributed by atoms with Crippen molar-refractivity contribution < 1.29 is 14.3 Å². The molecule has 0 radical (unpaired) electrons. The number of amides is 1. The molecule has 2 aromatic rings. The van der Waals surface area contributed by atoms with E-state index in [4.69, 9.17) is 4.74 Å². The number of Topliss-reactive ketones (excluding diaryl/α,β-unsaturated/α-hetero) is 1. The maximum Gasteiger partial charge on any atom is 0.225 e. The molecule has 1 amide bonds. The molecule has 0 aromatic heterocycles. The summed E-state index contributed by atoms with van der Waals surface area (Å²) in [4.78, 5) is 25.6. The van der Waals surface area contributed by atoms with E-state index >= 15 is 0 Å². The van der Waals surface area contributed by atoms with Crippen LogP contribution in [0.25, 0.3) is 0 Å². The molecule has 5 heteroatoms. The van der Waals surface area contributed by atoms with Gasteiger partial charge in [0.05, 0.1) is 11.6 Å². The molecule has 1 aliphatic carbocycles. The molecule has 2 aromatic carbocycles. The number of carbonyl (C=O) groups excluding carboxylic acids is 2. The Labute approximate surface area is 179 Å². The lowest BCUT2D eigenvalue weighted by Gasteiger charge is -2.34. The third kappa shape index (κ3) is 3.88. The van der Waals surface area contributed by atoms with Crippen LogP contribution in [0.5, 0.6) is 5.75 Å². The third-order valence-corrected chi connectivity index (χ3v) is 6.59. The summed E-state index contributed by atoms with van der Waals surface area (Å²) in [5.74, 6) is 0.725. The van der Waals surface area contributed by atoms with Crippen LogP contribution in [0.15, 0.2) is 58.2 Å². The fourth-order valence-electron chi connectivity index (χ4n) is 4.41. The van der Waals surface area contributed by atoms with Crippen LogP contribution >= 0.6 is 15.9 Å². The van der Waals surface area contributed by atoms with E-state index in [1.54, 1.807) is 7.11 Å². The van der Waals surface area contributed by atoms with E-state index < -0.39 is 0 Å². The van der Waals surface area contributed by atoms with Gasteiger partial charge in [0.2, 0.25) is 5.91 Å². The van der Waals surface area contributed by atoms with Crippen molar-refractivity contribution in [2.75, 3.05) is 7.11 Å². The van der Waals surface area contributed by atoms with Gasteiger partial charge >= 0.3 is 0 Å². The zero-order valence-electron chi connectivity index (χ0n) is 16.6. The molecule has 2 atom stereocenters. The summed E-state index contributed by atoms with van der Waals surface area (Å²) >= 11 is 3.52. The lowest BCUT2D eigenvalue weighted by Crippen LogP contribution is -2.38. The normalized spacial score (nSPS) is 21.6. The van der Waals surface area contributed by atoms with E-state index in [1.807, 2.05) is 18.2 Å². The minimum absolute atomic E-state index is 0.0320. The van der Waals surface area contributed by atoms with Gasteiger partial charge in [0.25, 0.3) is 0 Å². The number of aryl methyl sites for hydroxylation is 1. The second-order valence-electron chi connectivity index (χ2n) is 7.71. The van der Waals surface area contributed by atoms with Gasteiger partial charge in [-0.2, -0.15) is 0 Å². The van der Waals surface area contributed by atoms with E-state index in [0.717, 1.165) is 39.0 Å². The van der Waals surface area contributed by atoms with E-state index in [0.29, 0.717) is 19.3 Å². The first kappa shape index (κ1) is 19.9. The zero-order valence-corrected chi connectivity index (χ0v) is 18.2. The highest BCUT2D eigenvalue weighted by Crippen LogP contribution is 2.43. The second kappa shape index (κ2) is 8.15. The molecule has 1 aliphatic heterocycles. The van der Waals surface area contributed by atoms with Gasteiger partial charge in [0.1, 0.15) is 5.75 Å². The highest BCUT2D eigenvalue weighted by Gasteiger charge is 2.38. The summed E-state index contributed by atoms with van der Waals surface area (Å²) < 4.78 is 6.13. The first-order chi connectivity index (χ1) is 14.0. The molecule has 0 saturated heterocycles. The smallest absolute Gasteiger partial charge is 0.225 e. The van der Waals surface area contributed by atoms with Gasteiger partial charge in [-0.3, -0.25) is 9.59 Å². The van der Waals surface area contributed by atoms with Crippen molar-refractivity contribution >= 4 is 27.6 Å². The molecule has 150 valence electrons. The molecule has 4 nitrogen and oxygen atoms in total. The number of hydrogen-bond acceptors (Lipinski definition) is 3. The average Bonchev–Trinajstić information content (AvgIpc) is 2.72. The van der Waals surface area contributed by atoms with E-state index in [1.165, 1.54) is 5.56 Å². The highest BCUT2D eigenvalue weighted by molar-refractivity contribution is 9.10. The van der Waals surface area contributed by atoms with Crippen LogP contribution < -0.4 is 10.1 Å². The van der Waals surface area contributed by atoms with Crippen molar-refractivity contribution in [1.29, 1.82) is 0 Å². The molecular weight excluding hydrogens is 430 g/mol. The topological polar surface area (TPSA) is 55.4 Å². The molecule has 0 bridgehead atoms. The van der Waals surface area contributed by atoms with Crippen molar-refractivity contribution in [2.45, 2.75) is 44.4 Å². The first-order valence-corrected chi connectivity index (χ1v) is 10.8. The van der Waals surface area contributed by atoms with Gasteiger partial charge in [-0.15, -0.1) is 0 Å². The zero-order chi connectivity index (χ0) is 20.5. The van der Waals surface area contributed by atoms with Crippen molar-refractivity contribution in [2.24, 2.45) is 0 Å². The molecule has 0 spiro atoms. The number of hydrogen-bond donors (Lipinski definition) is 1. The number of allylic oxidation sites excluding steroid dienone is 2. The van der Waals surface area contributed by atoms with Gasteiger partial charge < -0.3 is 10.1 Å². The molecule has 2 unspecified atom stereocenters. The largest absolute Gasteiger partial charge is 0.496 e. The lowest BCUT2D eigenvalue weighted by molar-refractivity contribution is -0.122. The molecule has 4 rings (SSSR count). The fourth-order valence-corrected chi connectivity index (χ4v) is 4.96. The Kier molecular flexibility index (Phi) is 5.59. The Morgan fingerprint density at radius 1 is 1.03 bits per heavy atom. The maximum absolute atomic E-state index is 13.2. The number of carbonyl (C=O) groups is 2. The quantitative estimate of drug-likeness (QED) is 0.706. The van der Waals surface area contributed by atoms with Crippen LogP contribution in [0.3, 0.4) is 0 Å². The number of rotatable bonds is 4. The standard InChI is InChI=1S/C24H24BrNO3/c1-3-14-4-6-15(7-5-14)17-11-20-24(21(27)12-17)18(13-23(28)26-20)16-8-9-22(29-2)19(25)10-16/h4-10,17-18H,3,11-13H2,1-2H3,(H,26,28). The predicted octanol–water partition coefficient (Wildman–Crippen LogP) is 5.02. The van der Waals surface area contributed by atoms with Crippen LogP contribution in [0.4, 0.5) is 0 Å². The molecule has 1 N–H and O–H groups in total. The Morgan fingerprint density at radius 2 is 1.76 bits per heavy atom. The predicted molar refractivity (Wildman–Crippen MR) is 116 cm³/mol. The van der Waals surface area contributed by atoms with E-state index in [9.17, 15) is 9.59 Å². The summed E-state index contributed by atoms with van der Waals surface area (Å²) in [6.45, 7) is 2.13. The monoisotopic (exact) mass is 453 g/mol. The van der Waals surface area contributed by atoms with Gasteiger partial charge in [-0.25, -0.2) is 0 Å².